The smallest absolute Gasteiger partial charge is 0.288 e. The van der Waals surface area contributed by atoms with Crippen LogP contribution in [0.2, 0.25) is 0 Å². The molecule has 0 radical (unpaired) electrons. The van der Waals surface area contributed by atoms with Gasteiger partial charge in [-0.3, -0.25) is 25.8 Å². The lowest BCUT2D eigenvalue weighted by Crippen LogP contribution is -2.48. The van der Waals surface area contributed by atoms with Gasteiger partial charge in [0.1, 0.15) is 5.69 Å². The summed E-state index contributed by atoms with van der Waals surface area (Å²) in [5, 5.41) is 3.41. The van der Waals surface area contributed by atoms with Crippen LogP contribution in [0.1, 0.15) is 20.8 Å². The number of hydrazine groups is 1. The SMILES string of the molecule is O=C(NC(=S)NNC(=O)c1ccc2ccccc2n1)c1ccccc1. The van der Waals surface area contributed by atoms with E-state index in [1.54, 1.807) is 30.3 Å². The summed E-state index contributed by atoms with van der Waals surface area (Å²) in [6, 6.07) is 19.5. The molecule has 1 heterocycles. The average molecular weight is 350 g/mol. The second-order valence-electron chi connectivity index (χ2n) is 5.12. The zero-order chi connectivity index (χ0) is 17.6. The number of para-hydroxylation sites is 1. The summed E-state index contributed by atoms with van der Waals surface area (Å²) >= 11 is 5.00. The van der Waals surface area contributed by atoms with Gasteiger partial charge in [0, 0.05) is 10.9 Å². The number of thiocarbonyl (C=S) groups is 1. The zero-order valence-corrected chi connectivity index (χ0v) is 13.8. The molecule has 7 heteroatoms. The quantitative estimate of drug-likeness (QED) is 0.487. The van der Waals surface area contributed by atoms with Gasteiger partial charge in [-0.2, -0.15) is 0 Å². The van der Waals surface area contributed by atoms with Crippen LogP contribution >= 0.6 is 12.2 Å². The highest BCUT2D eigenvalue weighted by Gasteiger charge is 2.10. The predicted octanol–water partition coefficient (Wildman–Crippen LogP) is 2.18. The lowest BCUT2D eigenvalue weighted by atomic mass is 10.2. The highest BCUT2D eigenvalue weighted by atomic mass is 32.1. The molecule has 6 nitrogen and oxygen atoms in total. The third kappa shape index (κ3) is 4.15. The van der Waals surface area contributed by atoms with Gasteiger partial charge in [-0.25, -0.2) is 4.98 Å². The molecule has 0 unspecified atom stereocenters. The first kappa shape index (κ1) is 16.5. The van der Waals surface area contributed by atoms with Gasteiger partial charge in [0.25, 0.3) is 11.8 Å². The van der Waals surface area contributed by atoms with E-state index < -0.39 is 5.91 Å². The molecular weight excluding hydrogens is 336 g/mol. The number of carbonyl (C=O) groups excluding carboxylic acids is 2. The Bertz CT molecular complexity index is 944. The van der Waals surface area contributed by atoms with Crippen LogP contribution in [-0.4, -0.2) is 21.9 Å². The molecule has 0 fully saturated rings. The minimum absolute atomic E-state index is 0.0111. The van der Waals surface area contributed by atoms with Crippen LogP contribution in [0.25, 0.3) is 10.9 Å². The summed E-state index contributed by atoms with van der Waals surface area (Å²) in [6.45, 7) is 0. The summed E-state index contributed by atoms with van der Waals surface area (Å²) in [6.07, 6.45) is 0. The summed E-state index contributed by atoms with van der Waals surface area (Å²) in [5.41, 5.74) is 6.33. The van der Waals surface area contributed by atoms with E-state index in [0.717, 1.165) is 10.9 Å². The lowest BCUT2D eigenvalue weighted by Gasteiger charge is -2.10. The summed E-state index contributed by atoms with van der Waals surface area (Å²) in [7, 11) is 0. The Hall–Kier alpha value is -3.32. The summed E-state index contributed by atoms with van der Waals surface area (Å²) in [4.78, 5) is 28.4. The Morgan fingerprint density at radius 3 is 2.32 bits per heavy atom. The molecule has 0 aliphatic heterocycles. The second-order valence-corrected chi connectivity index (χ2v) is 5.53. The van der Waals surface area contributed by atoms with Crippen LogP contribution < -0.4 is 16.2 Å². The number of fused-ring (bicyclic) bond motifs is 1. The maximum absolute atomic E-state index is 12.1. The molecule has 2 aromatic carbocycles. The molecule has 0 aliphatic carbocycles. The van der Waals surface area contributed by atoms with Crippen LogP contribution in [0.15, 0.2) is 66.7 Å². The summed E-state index contributed by atoms with van der Waals surface area (Å²) in [5.74, 6) is -0.821. The Labute approximate surface area is 149 Å². The topological polar surface area (TPSA) is 83.1 Å². The summed E-state index contributed by atoms with van der Waals surface area (Å²) < 4.78 is 0. The molecule has 0 bridgehead atoms. The third-order valence-electron chi connectivity index (χ3n) is 3.38. The Kier molecular flexibility index (Phi) is 4.96. The Morgan fingerprint density at radius 1 is 0.800 bits per heavy atom. The van der Waals surface area contributed by atoms with E-state index in [1.165, 1.54) is 0 Å². The van der Waals surface area contributed by atoms with Crippen molar-refractivity contribution in [2.24, 2.45) is 0 Å². The van der Waals surface area contributed by atoms with E-state index in [-0.39, 0.29) is 16.7 Å². The number of pyridine rings is 1. The van der Waals surface area contributed by atoms with Crippen molar-refractivity contribution in [3.05, 3.63) is 78.0 Å². The molecule has 124 valence electrons. The number of benzene rings is 2. The first-order chi connectivity index (χ1) is 12.1. The van der Waals surface area contributed by atoms with Crippen LogP contribution in [0.4, 0.5) is 0 Å². The average Bonchev–Trinajstić information content (AvgIpc) is 2.66. The Balaban J connectivity index is 1.57. The highest BCUT2D eigenvalue weighted by molar-refractivity contribution is 7.80. The van der Waals surface area contributed by atoms with Crippen molar-refractivity contribution in [2.75, 3.05) is 0 Å². The van der Waals surface area contributed by atoms with Gasteiger partial charge in [0.15, 0.2) is 5.11 Å². The lowest BCUT2D eigenvalue weighted by molar-refractivity contribution is 0.0931. The highest BCUT2D eigenvalue weighted by Crippen LogP contribution is 2.11. The first-order valence-electron chi connectivity index (χ1n) is 7.46. The fourth-order valence-corrected chi connectivity index (χ4v) is 2.31. The van der Waals surface area contributed by atoms with E-state index in [9.17, 15) is 9.59 Å². The fraction of sp³-hybridized carbons (Fsp3) is 0. The van der Waals surface area contributed by atoms with Gasteiger partial charge in [0.2, 0.25) is 0 Å². The number of hydrogen-bond donors (Lipinski definition) is 3. The van der Waals surface area contributed by atoms with Gasteiger partial charge in [-0.15, -0.1) is 0 Å². The van der Waals surface area contributed by atoms with Gasteiger partial charge < -0.3 is 0 Å². The number of carbonyl (C=O) groups is 2. The molecule has 0 atom stereocenters. The van der Waals surface area contributed by atoms with Crippen LogP contribution in [0.3, 0.4) is 0 Å². The van der Waals surface area contributed by atoms with Crippen LogP contribution in [-0.2, 0) is 0 Å². The van der Waals surface area contributed by atoms with Crippen LogP contribution in [0, 0.1) is 0 Å². The van der Waals surface area contributed by atoms with Crippen LogP contribution in [0.5, 0.6) is 0 Å². The molecule has 3 aromatic rings. The van der Waals surface area contributed by atoms with Crippen molar-refractivity contribution in [1.29, 1.82) is 0 Å². The molecule has 2 amide bonds. The minimum Gasteiger partial charge on any atom is -0.298 e. The fourth-order valence-electron chi connectivity index (χ4n) is 2.17. The van der Waals surface area contributed by atoms with Crippen molar-refractivity contribution in [3.63, 3.8) is 0 Å². The van der Waals surface area contributed by atoms with E-state index in [1.807, 2.05) is 36.4 Å². The number of nitrogens with zero attached hydrogens (tertiary/aromatic N) is 1. The monoisotopic (exact) mass is 350 g/mol. The molecule has 0 saturated heterocycles. The predicted molar refractivity (Wildman–Crippen MR) is 98.9 cm³/mol. The molecule has 3 N–H and O–H groups in total. The second kappa shape index (κ2) is 7.50. The van der Waals surface area contributed by atoms with E-state index in [0.29, 0.717) is 5.56 Å². The number of nitrogens with one attached hydrogen (secondary N) is 3. The molecule has 0 spiro atoms. The molecule has 1 aromatic heterocycles. The number of hydrogen-bond acceptors (Lipinski definition) is 4. The van der Waals surface area contributed by atoms with E-state index in [2.05, 4.69) is 21.2 Å². The maximum atomic E-state index is 12.1. The molecule has 0 aliphatic rings. The molecule has 3 rings (SSSR count). The largest absolute Gasteiger partial charge is 0.298 e. The number of aromatic nitrogens is 1. The maximum Gasteiger partial charge on any atom is 0.288 e. The van der Waals surface area contributed by atoms with Gasteiger partial charge in [-0.1, -0.05) is 42.5 Å². The van der Waals surface area contributed by atoms with Gasteiger partial charge in [-0.05, 0) is 36.5 Å². The zero-order valence-electron chi connectivity index (χ0n) is 13.0. The molecular formula is C18H14N4O2S. The number of rotatable bonds is 2. The van der Waals surface area contributed by atoms with Crippen molar-refractivity contribution >= 4 is 40.0 Å². The van der Waals surface area contributed by atoms with Crippen molar-refractivity contribution < 1.29 is 9.59 Å². The van der Waals surface area contributed by atoms with E-state index in [4.69, 9.17) is 12.2 Å². The van der Waals surface area contributed by atoms with Gasteiger partial charge in [0.05, 0.1) is 5.52 Å². The van der Waals surface area contributed by atoms with Crippen molar-refractivity contribution in [2.45, 2.75) is 0 Å². The minimum atomic E-state index is -0.456. The third-order valence-corrected chi connectivity index (χ3v) is 3.59. The van der Waals surface area contributed by atoms with E-state index >= 15 is 0 Å². The number of amides is 2. The normalized spacial score (nSPS) is 10.1. The van der Waals surface area contributed by atoms with Crippen molar-refractivity contribution in [3.8, 4) is 0 Å². The Morgan fingerprint density at radius 2 is 1.52 bits per heavy atom. The standard InChI is InChI=1S/C18H14N4O2S/c23-16(13-7-2-1-3-8-13)20-18(25)22-21-17(24)15-11-10-12-6-4-5-9-14(12)19-15/h1-11H,(H,21,24)(H2,20,22,23,25). The molecule has 0 saturated carbocycles. The molecule has 25 heavy (non-hydrogen) atoms. The first-order valence-corrected chi connectivity index (χ1v) is 7.87. The van der Waals surface area contributed by atoms with Crippen molar-refractivity contribution in [1.82, 2.24) is 21.2 Å². The van der Waals surface area contributed by atoms with Gasteiger partial charge >= 0.3 is 0 Å².